The summed E-state index contributed by atoms with van der Waals surface area (Å²) in [4.78, 5) is 31.7. The fourth-order valence-electron chi connectivity index (χ4n) is 3.83. The van der Waals surface area contributed by atoms with E-state index in [1.54, 1.807) is 12.3 Å². The molecule has 1 aromatic carbocycles. The Kier molecular flexibility index (Phi) is 4.29. The minimum absolute atomic E-state index is 0.00525. The van der Waals surface area contributed by atoms with Crippen molar-refractivity contribution in [3.05, 3.63) is 76.3 Å². The zero-order valence-electron chi connectivity index (χ0n) is 14.8. The molecule has 0 spiro atoms. The zero-order valence-corrected chi connectivity index (χ0v) is 14.8. The summed E-state index contributed by atoms with van der Waals surface area (Å²) in [6.07, 6.45) is 3.69. The van der Waals surface area contributed by atoms with Gasteiger partial charge >= 0.3 is 0 Å². The molecule has 0 saturated carbocycles. The van der Waals surface area contributed by atoms with E-state index in [1.807, 2.05) is 58.9 Å². The number of carbonyl (C=O) groups excluding carboxylic acids is 1. The third-order valence-corrected chi connectivity index (χ3v) is 5.12. The molecule has 1 amide bonds. The highest BCUT2D eigenvalue weighted by Gasteiger charge is 2.30. The highest BCUT2D eigenvalue weighted by molar-refractivity contribution is 5.83. The van der Waals surface area contributed by atoms with Crippen molar-refractivity contribution in [1.29, 1.82) is 0 Å². The van der Waals surface area contributed by atoms with Gasteiger partial charge in [-0.15, -0.1) is 0 Å². The third kappa shape index (κ3) is 2.90. The number of para-hydroxylation sites is 1. The SMILES string of the molecule is Cc1cc(=O)c2ccccc2n1CC(=O)N1CCC[C@@H]1c1ccccn1. The predicted molar refractivity (Wildman–Crippen MR) is 101 cm³/mol. The second-order valence-electron chi connectivity index (χ2n) is 6.75. The van der Waals surface area contributed by atoms with Gasteiger partial charge in [0.15, 0.2) is 5.43 Å². The molecule has 5 heteroatoms. The number of amides is 1. The Labute approximate surface area is 151 Å². The van der Waals surface area contributed by atoms with Gasteiger partial charge < -0.3 is 9.47 Å². The van der Waals surface area contributed by atoms with E-state index in [4.69, 9.17) is 0 Å². The first-order valence-corrected chi connectivity index (χ1v) is 8.95. The number of hydrogen-bond acceptors (Lipinski definition) is 3. The minimum Gasteiger partial charge on any atom is -0.335 e. The summed E-state index contributed by atoms with van der Waals surface area (Å²) >= 11 is 0. The van der Waals surface area contributed by atoms with Crippen LogP contribution < -0.4 is 5.43 Å². The maximum absolute atomic E-state index is 13.1. The number of rotatable bonds is 3. The number of aromatic nitrogens is 2. The van der Waals surface area contributed by atoms with Gasteiger partial charge in [0.2, 0.25) is 5.91 Å². The Morgan fingerprint density at radius 1 is 1.19 bits per heavy atom. The number of aryl methyl sites for hydroxylation is 1. The van der Waals surface area contributed by atoms with E-state index >= 15 is 0 Å². The molecule has 0 N–H and O–H groups in total. The van der Waals surface area contributed by atoms with Crippen LogP contribution in [-0.2, 0) is 11.3 Å². The average molecular weight is 347 g/mol. The van der Waals surface area contributed by atoms with Crippen LogP contribution in [0.4, 0.5) is 0 Å². The van der Waals surface area contributed by atoms with Gasteiger partial charge in [-0.25, -0.2) is 0 Å². The Hall–Kier alpha value is -2.95. The Morgan fingerprint density at radius 3 is 2.81 bits per heavy atom. The summed E-state index contributed by atoms with van der Waals surface area (Å²) in [6, 6.07) is 14.9. The topological polar surface area (TPSA) is 55.2 Å². The molecule has 0 bridgehead atoms. The van der Waals surface area contributed by atoms with Crippen molar-refractivity contribution in [2.24, 2.45) is 0 Å². The molecular formula is C21H21N3O2. The first kappa shape index (κ1) is 16.5. The van der Waals surface area contributed by atoms with Gasteiger partial charge in [-0.3, -0.25) is 14.6 Å². The summed E-state index contributed by atoms with van der Waals surface area (Å²) in [7, 11) is 0. The second kappa shape index (κ2) is 6.75. The normalized spacial score (nSPS) is 17.0. The van der Waals surface area contributed by atoms with E-state index in [-0.39, 0.29) is 23.9 Å². The molecule has 5 nitrogen and oxygen atoms in total. The van der Waals surface area contributed by atoms with Crippen LogP contribution in [-0.4, -0.2) is 26.9 Å². The number of likely N-dealkylation sites (tertiary alicyclic amines) is 1. The molecule has 1 saturated heterocycles. The molecule has 1 atom stereocenters. The smallest absolute Gasteiger partial charge is 0.243 e. The number of carbonyl (C=O) groups is 1. The van der Waals surface area contributed by atoms with E-state index in [9.17, 15) is 9.59 Å². The zero-order chi connectivity index (χ0) is 18.1. The molecule has 132 valence electrons. The predicted octanol–water partition coefficient (Wildman–Crippen LogP) is 3.07. The Bertz CT molecular complexity index is 1010. The molecule has 1 aliphatic rings. The van der Waals surface area contributed by atoms with Crippen LogP contribution in [0.15, 0.2) is 59.5 Å². The molecule has 0 radical (unpaired) electrons. The summed E-state index contributed by atoms with van der Waals surface area (Å²) < 4.78 is 1.94. The third-order valence-electron chi connectivity index (χ3n) is 5.12. The van der Waals surface area contributed by atoms with Crippen molar-refractivity contribution in [2.45, 2.75) is 32.4 Å². The van der Waals surface area contributed by atoms with Crippen LogP contribution in [0.2, 0.25) is 0 Å². The summed E-state index contributed by atoms with van der Waals surface area (Å²) in [5.74, 6) is 0.0649. The van der Waals surface area contributed by atoms with E-state index in [2.05, 4.69) is 4.98 Å². The lowest BCUT2D eigenvalue weighted by molar-refractivity contribution is -0.132. The first-order valence-electron chi connectivity index (χ1n) is 8.95. The Balaban J connectivity index is 1.67. The first-order chi connectivity index (χ1) is 12.6. The molecule has 1 fully saturated rings. The highest BCUT2D eigenvalue weighted by atomic mass is 16.2. The van der Waals surface area contributed by atoms with Crippen LogP contribution in [0.1, 0.15) is 30.3 Å². The molecular weight excluding hydrogens is 326 g/mol. The molecule has 4 rings (SSSR count). The highest BCUT2D eigenvalue weighted by Crippen LogP contribution is 2.31. The van der Waals surface area contributed by atoms with Crippen molar-refractivity contribution in [1.82, 2.24) is 14.5 Å². The van der Waals surface area contributed by atoms with E-state index in [1.165, 1.54) is 0 Å². The molecule has 2 aromatic heterocycles. The molecule has 0 aliphatic carbocycles. The monoisotopic (exact) mass is 347 g/mol. The second-order valence-corrected chi connectivity index (χ2v) is 6.75. The maximum Gasteiger partial charge on any atom is 0.243 e. The fraction of sp³-hybridized carbons (Fsp3) is 0.286. The summed E-state index contributed by atoms with van der Waals surface area (Å²) in [6.45, 7) is 2.86. The van der Waals surface area contributed by atoms with Crippen molar-refractivity contribution in [3.8, 4) is 0 Å². The van der Waals surface area contributed by atoms with E-state index in [0.29, 0.717) is 5.39 Å². The van der Waals surface area contributed by atoms with Gasteiger partial charge in [0.25, 0.3) is 0 Å². The standard InChI is InChI=1S/C21H21N3O2/c1-15-13-20(25)16-7-2-3-9-18(16)24(15)14-21(26)23-12-6-10-19(23)17-8-4-5-11-22-17/h2-5,7-9,11,13,19H,6,10,12,14H2,1H3/t19-/m1/s1. The molecule has 3 heterocycles. The van der Waals surface area contributed by atoms with Crippen LogP contribution in [0, 0.1) is 6.92 Å². The number of hydrogen-bond donors (Lipinski definition) is 0. The van der Waals surface area contributed by atoms with Crippen molar-refractivity contribution < 1.29 is 4.79 Å². The largest absolute Gasteiger partial charge is 0.335 e. The average Bonchev–Trinajstić information content (AvgIpc) is 3.16. The van der Waals surface area contributed by atoms with Gasteiger partial charge in [0.1, 0.15) is 6.54 Å². The molecule has 3 aromatic rings. The number of benzene rings is 1. The lowest BCUT2D eigenvalue weighted by Crippen LogP contribution is -2.34. The van der Waals surface area contributed by atoms with E-state index < -0.39 is 0 Å². The van der Waals surface area contributed by atoms with Gasteiger partial charge in [-0.1, -0.05) is 18.2 Å². The van der Waals surface area contributed by atoms with Gasteiger partial charge in [-0.05, 0) is 44.0 Å². The minimum atomic E-state index is -0.00525. The lowest BCUT2D eigenvalue weighted by atomic mass is 10.1. The lowest BCUT2D eigenvalue weighted by Gasteiger charge is -2.25. The molecule has 0 unspecified atom stereocenters. The van der Waals surface area contributed by atoms with Crippen LogP contribution in [0.3, 0.4) is 0 Å². The van der Waals surface area contributed by atoms with Crippen molar-refractivity contribution >= 4 is 16.8 Å². The van der Waals surface area contributed by atoms with Crippen molar-refractivity contribution in [3.63, 3.8) is 0 Å². The molecule has 1 aliphatic heterocycles. The summed E-state index contributed by atoms with van der Waals surface area (Å²) in [5.41, 5.74) is 2.55. The molecule has 26 heavy (non-hydrogen) atoms. The van der Waals surface area contributed by atoms with Gasteiger partial charge in [0, 0.05) is 29.9 Å². The fourth-order valence-corrected chi connectivity index (χ4v) is 3.83. The Morgan fingerprint density at radius 2 is 2.00 bits per heavy atom. The number of nitrogens with zero attached hydrogens (tertiary/aromatic N) is 3. The maximum atomic E-state index is 13.1. The number of pyridine rings is 2. The van der Waals surface area contributed by atoms with Gasteiger partial charge in [0.05, 0.1) is 17.3 Å². The quantitative estimate of drug-likeness (QED) is 0.732. The summed E-state index contributed by atoms with van der Waals surface area (Å²) in [5, 5.41) is 0.647. The van der Waals surface area contributed by atoms with Crippen LogP contribution in [0.5, 0.6) is 0 Å². The van der Waals surface area contributed by atoms with Crippen molar-refractivity contribution in [2.75, 3.05) is 6.54 Å². The van der Waals surface area contributed by atoms with E-state index in [0.717, 1.165) is 36.3 Å². The number of fused-ring (bicyclic) bond motifs is 1. The van der Waals surface area contributed by atoms with Gasteiger partial charge in [-0.2, -0.15) is 0 Å². The van der Waals surface area contributed by atoms with Crippen LogP contribution >= 0.6 is 0 Å². The van der Waals surface area contributed by atoms with Crippen LogP contribution in [0.25, 0.3) is 10.9 Å².